The van der Waals surface area contributed by atoms with Gasteiger partial charge < -0.3 is 19.1 Å². The minimum absolute atomic E-state index is 0.592. The van der Waals surface area contributed by atoms with Gasteiger partial charge in [-0.2, -0.15) is 0 Å². The first-order valence-electron chi connectivity index (χ1n) is 8.97. The Morgan fingerprint density at radius 1 is 0.615 bits per heavy atom. The lowest BCUT2D eigenvalue weighted by Crippen LogP contribution is -1.95. The van der Waals surface area contributed by atoms with E-state index in [4.69, 9.17) is 9.47 Å². The van der Waals surface area contributed by atoms with E-state index in [-0.39, 0.29) is 0 Å². The van der Waals surface area contributed by atoms with Gasteiger partial charge in [0.15, 0.2) is 0 Å². The fourth-order valence-corrected chi connectivity index (χ4v) is 2.07. The van der Waals surface area contributed by atoms with Crippen LogP contribution in [0.15, 0.2) is 60.7 Å². The number of rotatable bonds is 12. The topological polar surface area (TPSA) is 52.6 Å². The molecule has 0 aliphatic carbocycles. The second-order valence-corrected chi connectivity index (χ2v) is 5.69. The van der Waals surface area contributed by atoms with Crippen molar-refractivity contribution >= 4 is 12.6 Å². The maximum Gasteiger partial charge on any atom is 0.120 e. The lowest BCUT2D eigenvalue weighted by molar-refractivity contribution is -0.108. The SMILES string of the molecule is O=CCCCOCc1ccccc1.O=CCCCOCc1ccccc1. The molecule has 0 radical (unpaired) electrons. The van der Waals surface area contributed by atoms with Gasteiger partial charge in [0.2, 0.25) is 0 Å². The summed E-state index contributed by atoms with van der Waals surface area (Å²) in [6.45, 7) is 2.60. The standard InChI is InChI=1S/2C11H14O2/c2*12-8-4-5-9-13-10-11-6-2-1-3-7-11/h2*1-3,6-8H,4-5,9-10H2. The molecule has 0 heterocycles. The highest BCUT2D eigenvalue weighted by Gasteiger charge is 1.92. The van der Waals surface area contributed by atoms with Crippen LogP contribution < -0.4 is 0 Å². The largest absolute Gasteiger partial charge is 0.377 e. The molecule has 0 bridgehead atoms. The number of ether oxygens (including phenoxy) is 2. The molecule has 2 rings (SSSR count). The van der Waals surface area contributed by atoms with E-state index in [1.807, 2.05) is 60.7 Å². The Hall–Kier alpha value is -2.30. The van der Waals surface area contributed by atoms with E-state index in [1.165, 1.54) is 11.1 Å². The predicted octanol–water partition coefficient (Wildman–Crippen LogP) is 4.36. The van der Waals surface area contributed by atoms with Crippen LogP contribution in [-0.2, 0) is 32.3 Å². The molecule has 0 saturated heterocycles. The molecular weight excluding hydrogens is 328 g/mol. The molecule has 2 aromatic carbocycles. The van der Waals surface area contributed by atoms with Crippen molar-refractivity contribution in [2.75, 3.05) is 13.2 Å². The van der Waals surface area contributed by atoms with Gasteiger partial charge in [0.25, 0.3) is 0 Å². The summed E-state index contributed by atoms with van der Waals surface area (Å²) in [7, 11) is 0. The number of carbonyl (C=O) groups excluding carboxylic acids is 2. The predicted molar refractivity (Wildman–Crippen MR) is 103 cm³/mol. The quantitative estimate of drug-likeness (QED) is 0.419. The number of aldehydes is 2. The highest BCUT2D eigenvalue weighted by Crippen LogP contribution is 2.01. The lowest BCUT2D eigenvalue weighted by Gasteiger charge is -2.01. The third-order valence-electron chi connectivity index (χ3n) is 3.44. The van der Waals surface area contributed by atoms with E-state index >= 15 is 0 Å². The lowest BCUT2D eigenvalue weighted by atomic mass is 10.2. The molecule has 0 aliphatic heterocycles. The average molecular weight is 356 g/mol. The van der Waals surface area contributed by atoms with Gasteiger partial charge in [-0.3, -0.25) is 0 Å². The van der Waals surface area contributed by atoms with Crippen molar-refractivity contribution in [1.29, 1.82) is 0 Å². The molecule has 0 aliphatic rings. The van der Waals surface area contributed by atoms with Gasteiger partial charge in [-0.1, -0.05) is 60.7 Å². The van der Waals surface area contributed by atoms with Crippen LogP contribution in [0.1, 0.15) is 36.8 Å². The first-order valence-corrected chi connectivity index (χ1v) is 8.97. The van der Waals surface area contributed by atoms with Crippen LogP contribution in [0, 0.1) is 0 Å². The maximum atomic E-state index is 9.98. The van der Waals surface area contributed by atoms with Crippen molar-refractivity contribution in [2.45, 2.75) is 38.9 Å². The number of hydrogen-bond acceptors (Lipinski definition) is 4. The Bertz CT molecular complexity index is 516. The Labute approximate surface area is 156 Å². The third kappa shape index (κ3) is 12.1. The van der Waals surface area contributed by atoms with E-state index in [9.17, 15) is 9.59 Å². The van der Waals surface area contributed by atoms with Crippen LogP contribution >= 0.6 is 0 Å². The first-order chi connectivity index (χ1) is 12.9. The van der Waals surface area contributed by atoms with Gasteiger partial charge in [-0.25, -0.2) is 0 Å². The van der Waals surface area contributed by atoms with Crippen LogP contribution in [-0.4, -0.2) is 25.8 Å². The molecule has 26 heavy (non-hydrogen) atoms. The molecule has 2 aromatic rings. The molecule has 0 N–H and O–H groups in total. The minimum atomic E-state index is 0.592. The fourth-order valence-electron chi connectivity index (χ4n) is 2.07. The highest BCUT2D eigenvalue weighted by atomic mass is 16.5. The highest BCUT2D eigenvalue weighted by molar-refractivity contribution is 5.49. The number of hydrogen-bond donors (Lipinski definition) is 0. The minimum Gasteiger partial charge on any atom is -0.377 e. The van der Waals surface area contributed by atoms with E-state index in [1.54, 1.807) is 0 Å². The zero-order valence-corrected chi connectivity index (χ0v) is 15.2. The van der Waals surface area contributed by atoms with Crippen LogP contribution in [0.5, 0.6) is 0 Å². The van der Waals surface area contributed by atoms with E-state index in [0.29, 0.717) is 39.3 Å². The first kappa shape index (κ1) is 21.7. The van der Waals surface area contributed by atoms with Crippen molar-refractivity contribution in [3.8, 4) is 0 Å². The summed E-state index contributed by atoms with van der Waals surface area (Å²) < 4.78 is 10.7. The van der Waals surface area contributed by atoms with Gasteiger partial charge >= 0.3 is 0 Å². The zero-order chi connectivity index (χ0) is 18.7. The summed E-state index contributed by atoms with van der Waals surface area (Å²) >= 11 is 0. The van der Waals surface area contributed by atoms with Crippen molar-refractivity contribution in [1.82, 2.24) is 0 Å². The second-order valence-electron chi connectivity index (χ2n) is 5.69. The van der Waals surface area contributed by atoms with Gasteiger partial charge in [0.05, 0.1) is 13.2 Å². The molecule has 0 aromatic heterocycles. The van der Waals surface area contributed by atoms with E-state index < -0.39 is 0 Å². The third-order valence-corrected chi connectivity index (χ3v) is 3.44. The van der Waals surface area contributed by atoms with E-state index in [0.717, 1.165) is 25.4 Å². The van der Waals surface area contributed by atoms with E-state index in [2.05, 4.69) is 0 Å². The van der Waals surface area contributed by atoms with Crippen LogP contribution in [0.3, 0.4) is 0 Å². The molecule has 140 valence electrons. The summed E-state index contributed by atoms with van der Waals surface area (Å²) in [5, 5.41) is 0. The Morgan fingerprint density at radius 2 is 1.00 bits per heavy atom. The molecule has 4 nitrogen and oxygen atoms in total. The van der Waals surface area contributed by atoms with Crippen molar-refractivity contribution < 1.29 is 19.1 Å². The van der Waals surface area contributed by atoms with Crippen molar-refractivity contribution in [3.63, 3.8) is 0 Å². The average Bonchev–Trinajstić information content (AvgIpc) is 2.70. The monoisotopic (exact) mass is 356 g/mol. The molecule has 4 heteroatoms. The fraction of sp³-hybridized carbons (Fsp3) is 0.364. The molecule has 0 unspecified atom stereocenters. The second kappa shape index (κ2) is 16.2. The van der Waals surface area contributed by atoms with Gasteiger partial charge in [-0.15, -0.1) is 0 Å². The van der Waals surface area contributed by atoms with Crippen LogP contribution in [0.4, 0.5) is 0 Å². The molecule has 0 saturated carbocycles. The normalized spacial score (nSPS) is 9.85. The summed E-state index contributed by atoms with van der Waals surface area (Å²) in [5.74, 6) is 0. The molecule has 0 fully saturated rings. The zero-order valence-electron chi connectivity index (χ0n) is 15.2. The number of unbranched alkanes of at least 4 members (excludes halogenated alkanes) is 2. The van der Waals surface area contributed by atoms with Gasteiger partial charge in [0, 0.05) is 26.1 Å². The molecular formula is C22H28O4. The molecule has 0 spiro atoms. The van der Waals surface area contributed by atoms with Crippen LogP contribution in [0.2, 0.25) is 0 Å². The molecule has 0 amide bonds. The Kier molecular flexibility index (Phi) is 13.5. The number of carbonyl (C=O) groups is 2. The summed E-state index contributed by atoms with van der Waals surface area (Å²) in [5.41, 5.74) is 2.35. The summed E-state index contributed by atoms with van der Waals surface area (Å²) in [4.78, 5) is 20.0. The Balaban J connectivity index is 0.000000260. The van der Waals surface area contributed by atoms with Crippen molar-refractivity contribution in [3.05, 3.63) is 71.8 Å². The van der Waals surface area contributed by atoms with Crippen LogP contribution in [0.25, 0.3) is 0 Å². The summed E-state index contributed by atoms with van der Waals surface area (Å²) in [6.07, 6.45) is 4.66. The van der Waals surface area contributed by atoms with Crippen molar-refractivity contribution in [2.24, 2.45) is 0 Å². The van der Waals surface area contributed by atoms with Gasteiger partial charge in [-0.05, 0) is 24.0 Å². The smallest absolute Gasteiger partial charge is 0.120 e. The summed E-state index contributed by atoms with van der Waals surface area (Å²) in [6, 6.07) is 20.0. The molecule has 0 atom stereocenters. The number of benzene rings is 2. The van der Waals surface area contributed by atoms with Gasteiger partial charge in [0.1, 0.15) is 12.6 Å². The Morgan fingerprint density at radius 3 is 1.35 bits per heavy atom. The maximum absolute atomic E-state index is 9.98.